The number of rotatable bonds is 10. The molecule has 0 aromatic heterocycles. The number of hydrogen-bond donors (Lipinski definition) is 1. The van der Waals surface area contributed by atoms with Crippen molar-refractivity contribution >= 4 is 27.3 Å². The number of sulfonamides is 1. The van der Waals surface area contributed by atoms with Gasteiger partial charge in [0.2, 0.25) is 5.91 Å². The minimum Gasteiger partial charge on any atom is -0.493 e. The largest absolute Gasteiger partial charge is 0.493 e. The number of piperidine rings is 1. The Balaban J connectivity index is 1.55. The molecule has 8 nitrogen and oxygen atoms in total. The number of anilines is 2. The van der Waals surface area contributed by atoms with E-state index in [0.717, 1.165) is 34.7 Å². The number of carbonyl (C=O) groups excluding carboxylic acids is 1. The predicted octanol–water partition coefficient (Wildman–Crippen LogP) is 4.91. The topological polar surface area (TPSA) is 88.2 Å². The molecule has 0 aliphatic carbocycles. The minimum absolute atomic E-state index is 0.169. The Morgan fingerprint density at radius 2 is 1.64 bits per heavy atom. The van der Waals surface area contributed by atoms with E-state index >= 15 is 0 Å². The predicted molar refractivity (Wildman–Crippen MR) is 150 cm³/mol. The van der Waals surface area contributed by atoms with E-state index < -0.39 is 28.3 Å². The summed E-state index contributed by atoms with van der Waals surface area (Å²) in [7, 11) is -1.54. The summed E-state index contributed by atoms with van der Waals surface area (Å²) in [6.07, 6.45) is 3.61. The first kappa shape index (κ1) is 28.2. The number of methoxy groups -OCH3 is 2. The van der Waals surface area contributed by atoms with Crippen molar-refractivity contribution in [1.82, 2.24) is 5.32 Å². The molecule has 1 N–H and O–H groups in total. The van der Waals surface area contributed by atoms with Crippen LogP contribution in [0.4, 0.5) is 15.8 Å². The van der Waals surface area contributed by atoms with E-state index in [2.05, 4.69) is 10.2 Å². The Morgan fingerprint density at radius 3 is 2.28 bits per heavy atom. The van der Waals surface area contributed by atoms with E-state index in [9.17, 15) is 17.6 Å². The van der Waals surface area contributed by atoms with Gasteiger partial charge in [-0.05, 0) is 68.1 Å². The van der Waals surface area contributed by atoms with Crippen LogP contribution >= 0.6 is 0 Å². The number of amides is 1. The lowest BCUT2D eigenvalue weighted by atomic mass is 10.1. The van der Waals surface area contributed by atoms with E-state index in [1.165, 1.54) is 69.9 Å². The van der Waals surface area contributed by atoms with Gasteiger partial charge in [0.1, 0.15) is 12.4 Å². The maximum atomic E-state index is 14.8. The number of halogens is 1. The maximum Gasteiger partial charge on any atom is 0.265 e. The molecule has 1 unspecified atom stereocenters. The van der Waals surface area contributed by atoms with Crippen molar-refractivity contribution in [3.8, 4) is 11.5 Å². The van der Waals surface area contributed by atoms with Crippen molar-refractivity contribution in [2.24, 2.45) is 0 Å². The zero-order chi connectivity index (χ0) is 28.0. The number of hydrogen-bond acceptors (Lipinski definition) is 6. The molecule has 1 fully saturated rings. The Hall–Kier alpha value is -3.79. The van der Waals surface area contributed by atoms with Gasteiger partial charge in [-0.1, -0.05) is 24.3 Å². The quantitative estimate of drug-likeness (QED) is 0.383. The summed E-state index contributed by atoms with van der Waals surface area (Å²) in [5.74, 6) is -0.810. The summed E-state index contributed by atoms with van der Waals surface area (Å²) < 4.78 is 53.5. The molecule has 3 aromatic carbocycles. The van der Waals surface area contributed by atoms with Crippen LogP contribution in [0.3, 0.4) is 0 Å². The van der Waals surface area contributed by atoms with Crippen LogP contribution in [0.5, 0.6) is 11.5 Å². The smallest absolute Gasteiger partial charge is 0.265 e. The summed E-state index contributed by atoms with van der Waals surface area (Å²) in [4.78, 5) is 15.3. The summed E-state index contributed by atoms with van der Waals surface area (Å²) in [6, 6.07) is 17.1. The molecule has 10 heteroatoms. The number of nitrogens with zero attached hydrogens (tertiary/aromatic N) is 2. The van der Waals surface area contributed by atoms with Crippen LogP contribution < -0.4 is 24.0 Å². The van der Waals surface area contributed by atoms with Crippen molar-refractivity contribution in [1.29, 1.82) is 0 Å². The van der Waals surface area contributed by atoms with Crippen LogP contribution in [-0.4, -0.2) is 48.2 Å². The normalized spacial score (nSPS) is 14.4. The number of nitrogens with one attached hydrogen (secondary N) is 1. The molecular formula is C29H34FN3O5S. The minimum atomic E-state index is -4.36. The van der Waals surface area contributed by atoms with Gasteiger partial charge in [-0.3, -0.25) is 9.10 Å². The van der Waals surface area contributed by atoms with Crippen LogP contribution in [0.1, 0.15) is 37.8 Å². The van der Waals surface area contributed by atoms with E-state index in [-0.39, 0.29) is 22.4 Å². The van der Waals surface area contributed by atoms with Crippen molar-refractivity contribution in [2.45, 2.75) is 37.1 Å². The molecule has 0 radical (unpaired) electrons. The summed E-state index contributed by atoms with van der Waals surface area (Å²) in [5, 5.41) is 2.85. The number of carbonyl (C=O) groups is 1. The van der Waals surface area contributed by atoms with Crippen LogP contribution in [-0.2, 0) is 14.8 Å². The van der Waals surface area contributed by atoms with E-state index in [1.807, 2.05) is 31.2 Å². The lowest BCUT2D eigenvalue weighted by Crippen LogP contribution is -2.42. The van der Waals surface area contributed by atoms with Gasteiger partial charge >= 0.3 is 0 Å². The second-order valence-corrected chi connectivity index (χ2v) is 11.3. The molecule has 1 aliphatic heterocycles. The van der Waals surface area contributed by atoms with E-state index in [4.69, 9.17) is 9.47 Å². The molecule has 1 heterocycles. The zero-order valence-electron chi connectivity index (χ0n) is 22.4. The fourth-order valence-corrected chi connectivity index (χ4v) is 6.13. The molecule has 208 valence electrons. The fourth-order valence-electron chi connectivity index (χ4n) is 4.68. The number of ether oxygens (including phenoxy) is 2. The van der Waals surface area contributed by atoms with Crippen molar-refractivity contribution in [2.75, 3.05) is 43.1 Å². The van der Waals surface area contributed by atoms with E-state index in [0.29, 0.717) is 5.75 Å². The average molecular weight is 556 g/mol. The van der Waals surface area contributed by atoms with Gasteiger partial charge in [0.15, 0.2) is 11.5 Å². The van der Waals surface area contributed by atoms with Crippen molar-refractivity contribution in [3.63, 3.8) is 0 Å². The number of benzene rings is 3. The monoisotopic (exact) mass is 555 g/mol. The molecule has 0 saturated carbocycles. The van der Waals surface area contributed by atoms with E-state index in [1.54, 1.807) is 0 Å². The molecule has 39 heavy (non-hydrogen) atoms. The average Bonchev–Trinajstić information content (AvgIpc) is 2.96. The van der Waals surface area contributed by atoms with Gasteiger partial charge in [-0.25, -0.2) is 12.8 Å². The van der Waals surface area contributed by atoms with Crippen LogP contribution in [0, 0.1) is 5.82 Å². The molecule has 1 aliphatic rings. The third-order valence-corrected chi connectivity index (χ3v) is 8.60. The Labute approximate surface area is 229 Å². The highest BCUT2D eigenvalue weighted by Crippen LogP contribution is 2.33. The van der Waals surface area contributed by atoms with Gasteiger partial charge < -0.3 is 19.7 Å². The first-order valence-electron chi connectivity index (χ1n) is 12.9. The Morgan fingerprint density at radius 1 is 0.974 bits per heavy atom. The maximum absolute atomic E-state index is 14.8. The van der Waals surface area contributed by atoms with Crippen LogP contribution in [0.15, 0.2) is 71.6 Å². The molecule has 1 atom stereocenters. The lowest BCUT2D eigenvalue weighted by Gasteiger charge is -2.29. The number of para-hydroxylation sites is 1. The third-order valence-electron chi connectivity index (χ3n) is 6.84. The van der Waals surface area contributed by atoms with Crippen LogP contribution in [0.25, 0.3) is 0 Å². The van der Waals surface area contributed by atoms with Gasteiger partial charge in [-0.2, -0.15) is 0 Å². The molecule has 3 aromatic rings. The highest BCUT2D eigenvalue weighted by Gasteiger charge is 2.30. The lowest BCUT2D eigenvalue weighted by molar-refractivity contribution is -0.120. The highest BCUT2D eigenvalue weighted by molar-refractivity contribution is 7.92. The summed E-state index contributed by atoms with van der Waals surface area (Å²) >= 11 is 0. The molecule has 0 spiro atoms. The Kier molecular flexibility index (Phi) is 8.96. The van der Waals surface area contributed by atoms with Gasteiger partial charge in [0.05, 0.1) is 30.8 Å². The van der Waals surface area contributed by atoms with Gasteiger partial charge in [0.25, 0.3) is 10.0 Å². The molecule has 0 bridgehead atoms. The SMILES string of the molecule is COc1ccc(S(=O)(=O)N(CC(=O)NC(C)c2ccc(N3CCCCC3)cc2)c2ccccc2F)cc1OC. The first-order chi connectivity index (χ1) is 18.7. The Bertz CT molecular complexity index is 1390. The van der Waals surface area contributed by atoms with Gasteiger partial charge in [0, 0.05) is 24.8 Å². The first-order valence-corrected chi connectivity index (χ1v) is 14.3. The second-order valence-electron chi connectivity index (χ2n) is 9.41. The molecule has 1 saturated heterocycles. The summed E-state index contributed by atoms with van der Waals surface area (Å²) in [6.45, 7) is 3.27. The van der Waals surface area contributed by atoms with Crippen molar-refractivity contribution < 1.29 is 27.1 Å². The molecule has 4 rings (SSSR count). The standard InChI is InChI=1S/C29H34FN3O5S/c1-21(22-11-13-23(14-12-22)32-17-7-4-8-18-32)31-29(34)20-33(26-10-6-5-9-25(26)30)39(35,36)24-15-16-27(37-2)28(19-24)38-3/h5-6,9-16,19,21H,4,7-8,17-18,20H2,1-3H3,(H,31,34). The second kappa shape index (κ2) is 12.4. The van der Waals surface area contributed by atoms with Crippen molar-refractivity contribution in [3.05, 3.63) is 78.1 Å². The van der Waals surface area contributed by atoms with Gasteiger partial charge in [-0.15, -0.1) is 0 Å². The molecular weight excluding hydrogens is 521 g/mol. The van der Waals surface area contributed by atoms with Crippen LogP contribution in [0.2, 0.25) is 0 Å². The fraction of sp³-hybridized carbons (Fsp3) is 0.345. The third kappa shape index (κ3) is 6.44. The molecule has 1 amide bonds. The summed E-state index contributed by atoms with van der Waals surface area (Å²) in [5.41, 5.74) is 1.79. The highest BCUT2D eigenvalue weighted by atomic mass is 32.2. The zero-order valence-corrected chi connectivity index (χ0v) is 23.2.